The lowest BCUT2D eigenvalue weighted by molar-refractivity contribution is 0.233. The molecule has 23 heavy (non-hydrogen) atoms. The molecule has 0 aliphatic heterocycles. The molecule has 0 spiro atoms. The molecule has 1 unspecified atom stereocenters. The molecule has 3 N–H and O–H groups in total. The Morgan fingerprint density at radius 1 is 1.04 bits per heavy atom. The molecule has 2 aromatic rings. The van der Waals surface area contributed by atoms with Crippen molar-refractivity contribution in [3.63, 3.8) is 0 Å². The summed E-state index contributed by atoms with van der Waals surface area (Å²) in [7, 11) is 0. The molecule has 2 amide bonds. The Balaban J connectivity index is 1.76. The summed E-state index contributed by atoms with van der Waals surface area (Å²) in [6.07, 6.45) is 1.73. The van der Waals surface area contributed by atoms with Crippen LogP contribution in [-0.4, -0.2) is 24.1 Å². The fourth-order valence-corrected chi connectivity index (χ4v) is 2.32. The molecule has 0 saturated carbocycles. The number of benzene rings is 1. The number of anilines is 1. The first-order valence-corrected chi connectivity index (χ1v) is 7.91. The van der Waals surface area contributed by atoms with Gasteiger partial charge in [0.1, 0.15) is 5.82 Å². The predicted molar refractivity (Wildman–Crippen MR) is 93.3 cm³/mol. The molecule has 2 rings (SSSR count). The molecule has 0 radical (unpaired) electrons. The van der Waals surface area contributed by atoms with E-state index in [1.165, 1.54) is 0 Å². The second-order valence-corrected chi connectivity index (χ2v) is 5.67. The second-order valence-electron chi connectivity index (χ2n) is 5.67. The Bertz CT molecular complexity index is 586. The van der Waals surface area contributed by atoms with Gasteiger partial charge in [-0.15, -0.1) is 0 Å². The van der Waals surface area contributed by atoms with Gasteiger partial charge in [-0.3, -0.25) is 0 Å². The first-order valence-electron chi connectivity index (χ1n) is 7.91. The van der Waals surface area contributed by atoms with Crippen molar-refractivity contribution in [3.8, 4) is 0 Å². The molecular formula is C18H24N4O. The van der Waals surface area contributed by atoms with Gasteiger partial charge in [0.25, 0.3) is 0 Å². The third kappa shape index (κ3) is 5.62. The lowest BCUT2D eigenvalue weighted by Crippen LogP contribution is -2.41. The maximum atomic E-state index is 12.1. The number of amides is 2. The molecule has 5 nitrogen and oxygen atoms in total. The number of urea groups is 1. The van der Waals surface area contributed by atoms with Crippen molar-refractivity contribution in [2.75, 3.05) is 18.4 Å². The Hall–Kier alpha value is -2.56. The third-order valence-electron chi connectivity index (χ3n) is 3.49. The molecule has 0 fully saturated rings. The fourth-order valence-electron chi connectivity index (χ4n) is 2.32. The molecule has 0 saturated heterocycles. The standard InChI is InChI=1S/C18H24N4O/c1-14(2)17(15-8-4-3-5-9-15)22-18(23)21-13-12-20-16-10-6-7-11-19-16/h3-11,14,17H,12-13H2,1-2H3,(H,19,20)(H2,21,22,23). The van der Waals surface area contributed by atoms with Crippen LogP contribution >= 0.6 is 0 Å². The van der Waals surface area contributed by atoms with Crippen LogP contribution in [0.2, 0.25) is 0 Å². The highest BCUT2D eigenvalue weighted by Gasteiger charge is 2.17. The van der Waals surface area contributed by atoms with Crippen LogP contribution in [-0.2, 0) is 0 Å². The summed E-state index contributed by atoms with van der Waals surface area (Å²) in [4.78, 5) is 16.2. The smallest absolute Gasteiger partial charge is 0.315 e. The van der Waals surface area contributed by atoms with E-state index in [0.717, 1.165) is 11.4 Å². The van der Waals surface area contributed by atoms with Crippen LogP contribution in [0.1, 0.15) is 25.5 Å². The molecule has 5 heteroatoms. The molecular weight excluding hydrogens is 288 g/mol. The van der Waals surface area contributed by atoms with Gasteiger partial charge in [0.2, 0.25) is 0 Å². The highest BCUT2D eigenvalue weighted by Crippen LogP contribution is 2.20. The SMILES string of the molecule is CC(C)C(NC(=O)NCCNc1ccccn1)c1ccccc1. The average molecular weight is 312 g/mol. The zero-order valence-electron chi connectivity index (χ0n) is 13.6. The van der Waals surface area contributed by atoms with Crippen molar-refractivity contribution in [1.29, 1.82) is 0 Å². The van der Waals surface area contributed by atoms with Gasteiger partial charge in [0.15, 0.2) is 0 Å². The van der Waals surface area contributed by atoms with Crippen molar-refractivity contribution in [3.05, 3.63) is 60.3 Å². The van der Waals surface area contributed by atoms with Gasteiger partial charge in [-0.05, 0) is 23.6 Å². The Labute approximate surface area is 137 Å². The number of carbonyl (C=O) groups is 1. The number of hydrogen-bond donors (Lipinski definition) is 3. The summed E-state index contributed by atoms with van der Waals surface area (Å²) in [5, 5.41) is 9.06. The lowest BCUT2D eigenvalue weighted by atomic mass is 9.96. The maximum absolute atomic E-state index is 12.1. The number of hydrogen-bond acceptors (Lipinski definition) is 3. The van der Waals surface area contributed by atoms with Crippen LogP contribution in [0.25, 0.3) is 0 Å². The number of nitrogens with one attached hydrogen (secondary N) is 3. The minimum absolute atomic E-state index is 0.0000470. The normalized spacial score (nSPS) is 11.8. The van der Waals surface area contributed by atoms with Crippen molar-refractivity contribution in [1.82, 2.24) is 15.6 Å². The summed E-state index contributed by atoms with van der Waals surface area (Å²) < 4.78 is 0. The van der Waals surface area contributed by atoms with Crippen LogP contribution in [0.15, 0.2) is 54.7 Å². The largest absolute Gasteiger partial charge is 0.368 e. The summed E-state index contributed by atoms with van der Waals surface area (Å²) in [5.74, 6) is 1.12. The topological polar surface area (TPSA) is 66.1 Å². The molecule has 1 aromatic carbocycles. The predicted octanol–water partition coefficient (Wildman–Crippen LogP) is 3.19. The first-order chi connectivity index (χ1) is 11.2. The molecule has 0 bridgehead atoms. The Kier molecular flexibility index (Phi) is 6.41. The number of aromatic nitrogens is 1. The quantitative estimate of drug-likeness (QED) is 0.688. The monoisotopic (exact) mass is 312 g/mol. The number of carbonyl (C=O) groups excluding carboxylic acids is 1. The van der Waals surface area contributed by atoms with E-state index < -0.39 is 0 Å². The molecule has 0 aliphatic carbocycles. The van der Waals surface area contributed by atoms with Crippen molar-refractivity contribution >= 4 is 11.8 Å². The highest BCUT2D eigenvalue weighted by molar-refractivity contribution is 5.74. The van der Waals surface area contributed by atoms with Crippen LogP contribution in [0, 0.1) is 5.92 Å². The highest BCUT2D eigenvalue weighted by atomic mass is 16.2. The molecule has 1 heterocycles. The first kappa shape index (κ1) is 16.8. The van der Waals surface area contributed by atoms with Gasteiger partial charge in [-0.25, -0.2) is 9.78 Å². The zero-order valence-corrected chi connectivity index (χ0v) is 13.6. The van der Waals surface area contributed by atoms with Gasteiger partial charge in [-0.1, -0.05) is 50.2 Å². The average Bonchev–Trinajstić information content (AvgIpc) is 2.58. The zero-order chi connectivity index (χ0) is 16.5. The summed E-state index contributed by atoms with van der Waals surface area (Å²) >= 11 is 0. The number of nitrogens with zero attached hydrogens (tertiary/aromatic N) is 1. The summed E-state index contributed by atoms with van der Waals surface area (Å²) in [5.41, 5.74) is 1.12. The number of pyridine rings is 1. The van der Waals surface area contributed by atoms with E-state index in [4.69, 9.17) is 0 Å². The molecule has 1 atom stereocenters. The molecule has 0 aliphatic rings. The Morgan fingerprint density at radius 3 is 2.43 bits per heavy atom. The van der Waals surface area contributed by atoms with Crippen molar-refractivity contribution in [2.24, 2.45) is 5.92 Å². The molecule has 122 valence electrons. The third-order valence-corrected chi connectivity index (χ3v) is 3.49. The van der Waals surface area contributed by atoms with Crippen LogP contribution < -0.4 is 16.0 Å². The number of rotatable bonds is 7. The fraction of sp³-hybridized carbons (Fsp3) is 0.333. The lowest BCUT2D eigenvalue weighted by Gasteiger charge is -2.23. The van der Waals surface area contributed by atoms with E-state index in [0.29, 0.717) is 19.0 Å². The van der Waals surface area contributed by atoms with Crippen LogP contribution in [0.3, 0.4) is 0 Å². The van der Waals surface area contributed by atoms with E-state index in [2.05, 4.69) is 34.8 Å². The Morgan fingerprint density at radius 2 is 1.78 bits per heavy atom. The van der Waals surface area contributed by atoms with Gasteiger partial charge >= 0.3 is 6.03 Å². The van der Waals surface area contributed by atoms with E-state index in [9.17, 15) is 4.79 Å². The maximum Gasteiger partial charge on any atom is 0.315 e. The molecule has 1 aromatic heterocycles. The minimum Gasteiger partial charge on any atom is -0.368 e. The van der Waals surface area contributed by atoms with Gasteiger partial charge in [-0.2, -0.15) is 0 Å². The van der Waals surface area contributed by atoms with Crippen molar-refractivity contribution < 1.29 is 4.79 Å². The second kappa shape index (κ2) is 8.78. The van der Waals surface area contributed by atoms with E-state index in [-0.39, 0.29) is 12.1 Å². The van der Waals surface area contributed by atoms with E-state index in [1.807, 2.05) is 48.5 Å². The van der Waals surface area contributed by atoms with Crippen LogP contribution in [0.5, 0.6) is 0 Å². The van der Waals surface area contributed by atoms with E-state index >= 15 is 0 Å². The van der Waals surface area contributed by atoms with Crippen LogP contribution in [0.4, 0.5) is 10.6 Å². The van der Waals surface area contributed by atoms with Gasteiger partial charge < -0.3 is 16.0 Å². The van der Waals surface area contributed by atoms with Crippen molar-refractivity contribution in [2.45, 2.75) is 19.9 Å². The summed E-state index contributed by atoms with van der Waals surface area (Å²) in [6, 6.07) is 15.5. The van der Waals surface area contributed by atoms with Gasteiger partial charge in [0.05, 0.1) is 6.04 Å². The summed E-state index contributed by atoms with van der Waals surface area (Å²) in [6.45, 7) is 5.35. The van der Waals surface area contributed by atoms with E-state index in [1.54, 1.807) is 6.20 Å². The van der Waals surface area contributed by atoms with Gasteiger partial charge in [0, 0.05) is 19.3 Å². The minimum atomic E-state index is -0.157.